The van der Waals surface area contributed by atoms with E-state index in [1.54, 1.807) is 12.1 Å². The number of hydrogen-bond donors (Lipinski definition) is 0. The molecule has 0 aliphatic rings. The van der Waals surface area contributed by atoms with E-state index < -0.39 is 0 Å². The van der Waals surface area contributed by atoms with E-state index in [1.165, 1.54) is 12.1 Å². The lowest BCUT2D eigenvalue weighted by molar-refractivity contribution is 0.302. The molecular weight excluding hydrogens is 286 g/mol. The van der Waals surface area contributed by atoms with Crippen LogP contribution < -0.4 is 4.74 Å². The van der Waals surface area contributed by atoms with Crippen molar-refractivity contribution in [1.29, 1.82) is 0 Å². The third-order valence-electron chi connectivity index (χ3n) is 2.88. The van der Waals surface area contributed by atoms with Crippen LogP contribution in [0.2, 0.25) is 5.02 Å². The average molecular weight is 299 g/mol. The van der Waals surface area contributed by atoms with E-state index in [0.717, 1.165) is 16.7 Å². The van der Waals surface area contributed by atoms with Gasteiger partial charge in [0.05, 0.1) is 10.9 Å². The highest BCUT2D eigenvalue weighted by molar-refractivity contribution is 6.32. The molecule has 100 valence electrons. The number of hydrogen-bond acceptors (Lipinski definition) is 1. The molecule has 0 aliphatic carbocycles. The Hall–Kier alpha value is -1.25. The number of aryl methyl sites for hydroxylation is 1. The highest BCUT2D eigenvalue weighted by Crippen LogP contribution is 2.30. The monoisotopic (exact) mass is 298 g/mol. The highest BCUT2D eigenvalue weighted by atomic mass is 35.5. The summed E-state index contributed by atoms with van der Waals surface area (Å²) in [5.74, 6) is 0.599. The summed E-state index contributed by atoms with van der Waals surface area (Å²) >= 11 is 11.9. The van der Waals surface area contributed by atoms with Crippen molar-refractivity contribution < 1.29 is 9.13 Å². The van der Waals surface area contributed by atoms with Crippen molar-refractivity contribution in [2.24, 2.45) is 0 Å². The maximum absolute atomic E-state index is 13.2. The number of halogens is 3. The Bertz CT molecular complexity index is 584. The first-order chi connectivity index (χ1) is 9.11. The van der Waals surface area contributed by atoms with Crippen LogP contribution in [0.5, 0.6) is 5.75 Å². The third kappa shape index (κ3) is 3.40. The molecule has 0 saturated heterocycles. The van der Waals surface area contributed by atoms with Crippen LogP contribution in [-0.4, -0.2) is 0 Å². The standard InChI is InChI=1S/C15H13Cl2FO/c1-10-5-6-13(18)7-12(10)9-19-15-11(8-16)3-2-4-14(15)17/h2-7H,8-9H2,1H3. The summed E-state index contributed by atoms with van der Waals surface area (Å²) in [6.45, 7) is 2.17. The lowest BCUT2D eigenvalue weighted by atomic mass is 10.1. The van der Waals surface area contributed by atoms with Crippen LogP contribution in [0.1, 0.15) is 16.7 Å². The molecule has 0 aromatic heterocycles. The van der Waals surface area contributed by atoms with Crippen LogP contribution in [-0.2, 0) is 12.5 Å². The van der Waals surface area contributed by atoms with Crippen LogP contribution >= 0.6 is 23.2 Å². The Morgan fingerprint density at radius 3 is 2.68 bits per heavy atom. The second kappa shape index (κ2) is 6.27. The molecule has 0 N–H and O–H groups in total. The van der Waals surface area contributed by atoms with Gasteiger partial charge in [-0.15, -0.1) is 11.6 Å². The molecule has 0 radical (unpaired) electrons. The Morgan fingerprint density at radius 1 is 1.16 bits per heavy atom. The lowest BCUT2D eigenvalue weighted by Crippen LogP contribution is -2.01. The minimum Gasteiger partial charge on any atom is -0.487 e. The summed E-state index contributed by atoms with van der Waals surface area (Å²) < 4.78 is 18.9. The Kier molecular flexibility index (Phi) is 4.67. The predicted octanol–water partition coefficient (Wildman–Crippen LogP) is 5.11. The van der Waals surface area contributed by atoms with Crippen molar-refractivity contribution in [3.63, 3.8) is 0 Å². The molecule has 2 rings (SSSR count). The van der Waals surface area contributed by atoms with E-state index >= 15 is 0 Å². The molecule has 0 unspecified atom stereocenters. The second-order valence-corrected chi connectivity index (χ2v) is 4.90. The highest BCUT2D eigenvalue weighted by Gasteiger charge is 2.09. The van der Waals surface area contributed by atoms with Crippen LogP contribution in [0, 0.1) is 12.7 Å². The molecule has 19 heavy (non-hydrogen) atoms. The van der Waals surface area contributed by atoms with Crippen LogP contribution in [0.3, 0.4) is 0 Å². The number of benzene rings is 2. The number of ether oxygens (including phenoxy) is 1. The second-order valence-electron chi connectivity index (χ2n) is 4.22. The summed E-state index contributed by atoms with van der Waals surface area (Å²) in [4.78, 5) is 0. The van der Waals surface area contributed by atoms with Crippen LogP contribution in [0.4, 0.5) is 4.39 Å². The van der Waals surface area contributed by atoms with E-state index in [9.17, 15) is 4.39 Å². The van der Waals surface area contributed by atoms with Crippen molar-refractivity contribution in [2.75, 3.05) is 0 Å². The molecule has 2 aromatic rings. The van der Waals surface area contributed by atoms with E-state index in [1.807, 2.05) is 19.1 Å². The fourth-order valence-electron chi connectivity index (χ4n) is 1.77. The van der Waals surface area contributed by atoms with Gasteiger partial charge >= 0.3 is 0 Å². The van der Waals surface area contributed by atoms with Crippen molar-refractivity contribution in [1.82, 2.24) is 0 Å². The van der Waals surface area contributed by atoms with E-state index in [0.29, 0.717) is 16.7 Å². The minimum atomic E-state index is -0.277. The van der Waals surface area contributed by atoms with Crippen molar-refractivity contribution in [3.8, 4) is 5.75 Å². The van der Waals surface area contributed by atoms with Crippen molar-refractivity contribution in [2.45, 2.75) is 19.4 Å². The topological polar surface area (TPSA) is 9.23 Å². The Balaban J connectivity index is 2.21. The zero-order valence-electron chi connectivity index (χ0n) is 10.4. The molecule has 0 amide bonds. The summed E-state index contributed by atoms with van der Waals surface area (Å²) in [5, 5.41) is 0.507. The molecule has 0 atom stereocenters. The lowest BCUT2D eigenvalue weighted by Gasteiger charge is -2.13. The number of rotatable bonds is 4. The largest absolute Gasteiger partial charge is 0.487 e. The number of para-hydroxylation sites is 1. The van der Waals surface area contributed by atoms with E-state index in [4.69, 9.17) is 27.9 Å². The molecule has 4 heteroatoms. The van der Waals surface area contributed by atoms with Gasteiger partial charge in [-0.1, -0.05) is 29.8 Å². The Morgan fingerprint density at radius 2 is 1.95 bits per heavy atom. The maximum Gasteiger partial charge on any atom is 0.142 e. The summed E-state index contributed by atoms with van der Waals surface area (Å²) in [6, 6.07) is 10.0. The smallest absolute Gasteiger partial charge is 0.142 e. The molecule has 1 nitrogen and oxygen atoms in total. The molecule has 0 spiro atoms. The quantitative estimate of drug-likeness (QED) is 0.713. The van der Waals surface area contributed by atoms with Gasteiger partial charge in [0.2, 0.25) is 0 Å². The SMILES string of the molecule is Cc1ccc(F)cc1COc1c(Cl)cccc1CCl. The first-order valence-corrected chi connectivity index (χ1v) is 6.74. The molecule has 0 heterocycles. The third-order valence-corrected chi connectivity index (χ3v) is 3.46. The van der Waals surface area contributed by atoms with Crippen molar-refractivity contribution >= 4 is 23.2 Å². The van der Waals surface area contributed by atoms with E-state index in [2.05, 4.69) is 0 Å². The first kappa shape index (κ1) is 14.2. The summed E-state index contributed by atoms with van der Waals surface area (Å²) in [6.07, 6.45) is 0. The van der Waals surface area contributed by atoms with E-state index in [-0.39, 0.29) is 12.4 Å². The van der Waals surface area contributed by atoms with Gasteiger partial charge in [-0.05, 0) is 36.2 Å². The molecule has 0 saturated carbocycles. The van der Waals surface area contributed by atoms with Gasteiger partial charge in [-0.2, -0.15) is 0 Å². The van der Waals surface area contributed by atoms with Gasteiger partial charge in [-0.3, -0.25) is 0 Å². The fraction of sp³-hybridized carbons (Fsp3) is 0.200. The molecule has 0 fully saturated rings. The first-order valence-electron chi connectivity index (χ1n) is 5.83. The Labute approximate surface area is 121 Å². The van der Waals surface area contributed by atoms with Crippen LogP contribution in [0.15, 0.2) is 36.4 Å². The maximum atomic E-state index is 13.2. The van der Waals surface area contributed by atoms with Gasteiger partial charge < -0.3 is 4.74 Å². The zero-order valence-corrected chi connectivity index (χ0v) is 11.9. The predicted molar refractivity (Wildman–Crippen MR) is 76.5 cm³/mol. The molecule has 0 aliphatic heterocycles. The minimum absolute atomic E-state index is 0.261. The fourth-order valence-corrected chi connectivity index (χ4v) is 2.22. The van der Waals surface area contributed by atoms with Crippen molar-refractivity contribution in [3.05, 3.63) is 63.9 Å². The summed E-state index contributed by atoms with van der Waals surface area (Å²) in [5.41, 5.74) is 2.59. The average Bonchev–Trinajstić information content (AvgIpc) is 2.40. The van der Waals surface area contributed by atoms with Gasteiger partial charge in [0.15, 0.2) is 0 Å². The number of alkyl halides is 1. The van der Waals surface area contributed by atoms with Crippen LogP contribution in [0.25, 0.3) is 0 Å². The molecular formula is C15H13Cl2FO. The van der Waals surface area contributed by atoms with Gasteiger partial charge in [0.1, 0.15) is 18.2 Å². The normalized spacial score (nSPS) is 10.5. The zero-order chi connectivity index (χ0) is 13.8. The summed E-state index contributed by atoms with van der Waals surface area (Å²) in [7, 11) is 0. The van der Waals surface area contributed by atoms with Gasteiger partial charge in [0, 0.05) is 5.56 Å². The molecule has 0 bridgehead atoms. The van der Waals surface area contributed by atoms with Gasteiger partial charge in [-0.25, -0.2) is 4.39 Å². The van der Waals surface area contributed by atoms with Gasteiger partial charge in [0.25, 0.3) is 0 Å². The molecule has 2 aromatic carbocycles.